The number of rotatable bonds is 2. The Balaban J connectivity index is 2.10. The number of benzene rings is 1. The van der Waals surface area contributed by atoms with Gasteiger partial charge in [-0.1, -0.05) is 18.2 Å². The lowest BCUT2D eigenvalue weighted by molar-refractivity contribution is 0.283. The molecule has 0 amide bonds. The van der Waals surface area contributed by atoms with E-state index in [0.29, 0.717) is 0 Å². The van der Waals surface area contributed by atoms with E-state index in [2.05, 4.69) is 16.5 Å². The number of aromatic hydroxyl groups is 1. The lowest BCUT2D eigenvalue weighted by Crippen LogP contribution is -1.83. The van der Waals surface area contributed by atoms with Gasteiger partial charge in [-0.2, -0.15) is 0 Å². The lowest BCUT2D eigenvalue weighted by Gasteiger charge is -2.01. The summed E-state index contributed by atoms with van der Waals surface area (Å²) >= 11 is 0. The third-order valence-electron chi connectivity index (χ3n) is 3.80. The molecule has 0 bridgehead atoms. The van der Waals surface area contributed by atoms with Crippen LogP contribution in [-0.4, -0.2) is 14.6 Å². The first-order chi connectivity index (χ1) is 9.78. The predicted molar refractivity (Wildman–Crippen MR) is 79.1 cm³/mol. The Morgan fingerprint density at radius 1 is 0.900 bits per heavy atom. The average molecular weight is 263 g/mol. The smallest absolute Gasteiger partial charge is 0.115 e. The molecule has 20 heavy (non-hydrogen) atoms. The van der Waals surface area contributed by atoms with Crippen LogP contribution in [0.1, 0.15) is 5.56 Å². The molecule has 0 aliphatic heterocycles. The van der Waals surface area contributed by atoms with Crippen LogP contribution >= 0.6 is 0 Å². The molecule has 0 saturated heterocycles. The molecule has 3 heterocycles. The summed E-state index contributed by atoms with van der Waals surface area (Å²) in [7, 11) is 0. The average Bonchev–Trinajstić information content (AvgIpc) is 3.03. The molecule has 0 unspecified atom stereocenters. The Bertz CT molecular complexity index is 890. The van der Waals surface area contributed by atoms with Gasteiger partial charge in [0.2, 0.25) is 0 Å². The maximum absolute atomic E-state index is 9.60. The maximum atomic E-state index is 9.60. The molecule has 2 N–H and O–H groups in total. The van der Waals surface area contributed by atoms with Crippen molar-refractivity contribution in [3.05, 3.63) is 60.2 Å². The molecule has 4 aromatic rings. The number of aliphatic hydroxyl groups excluding tert-OH is 1. The Labute approximate surface area is 115 Å². The molecule has 98 valence electrons. The highest BCUT2D eigenvalue weighted by molar-refractivity contribution is 5.93. The van der Waals surface area contributed by atoms with Crippen LogP contribution in [0.25, 0.3) is 27.7 Å². The second-order valence-corrected chi connectivity index (χ2v) is 4.99. The molecular weight excluding hydrogens is 250 g/mol. The zero-order valence-corrected chi connectivity index (χ0v) is 10.7. The summed E-state index contributed by atoms with van der Waals surface area (Å²) in [6.07, 6.45) is 0. The molecule has 1 aromatic carbocycles. The number of phenols is 1. The summed E-state index contributed by atoms with van der Waals surface area (Å²) in [5.41, 5.74) is 6.29. The SMILES string of the molecule is OCc1cc2cccc3cc(-c4ccc(O)cc4)c1n23. The van der Waals surface area contributed by atoms with Crippen LogP contribution < -0.4 is 0 Å². The highest BCUT2D eigenvalue weighted by atomic mass is 16.3. The molecule has 3 heteroatoms. The van der Waals surface area contributed by atoms with Crippen molar-refractivity contribution in [1.29, 1.82) is 0 Å². The van der Waals surface area contributed by atoms with Crippen LogP contribution in [0.4, 0.5) is 0 Å². The van der Waals surface area contributed by atoms with Crippen molar-refractivity contribution in [2.24, 2.45) is 0 Å². The van der Waals surface area contributed by atoms with Crippen LogP contribution in [-0.2, 0) is 6.61 Å². The summed E-state index contributed by atoms with van der Waals surface area (Å²) in [6, 6.07) is 17.4. The third-order valence-corrected chi connectivity index (χ3v) is 3.80. The van der Waals surface area contributed by atoms with Crippen LogP contribution in [0.15, 0.2) is 54.6 Å². The van der Waals surface area contributed by atoms with E-state index < -0.39 is 0 Å². The topological polar surface area (TPSA) is 44.9 Å². The van der Waals surface area contributed by atoms with E-state index in [4.69, 9.17) is 0 Å². The normalized spacial score (nSPS) is 11.7. The van der Waals surface area contributed by atoms with E-state index in [1.807, 2.05) is 30.3 Å². The van der Waals surface area contributed by atoms with Gasteiger partial charge in [-0.15, -0.1) is 0 Å². The quantitative estimate of drug-likeness (QED) is 0.582. The minimum atomic E-state index is 0.0197. The fourth-order valence-corrected chi connectivity index (χ4v) is 2.91. The molecule has 0 radical (unpaired) electrons. The van der Waals surface area contributed by atoms with E-state index in [1.165, 1.54) is 0 Å². The highest BCUT2D eigenvalue weighted by Gasteiger charge is 2.15. The minimum absolute atomic E-state index is 0.0197. The van der Waals surface area contributed by atoms with Gasteiger partial charge in [-0.05, 0) is 42.0 Å². The molecule has 3 nitrogen and oxygen atoms in total. The van der Waals surface area contributed by atoms with Crippen molar-refractivity contribution in [1.82, 2.24) is 4.40 Å². The molecule has 0 spiro atoms. The minimum Gasteiger partial charge on any atom is -0.508 e. The molecule has 4 rings (SSSR count). The van der Waals surface area contributed by atoms with Crippen molar-refractivity contribution < 1.29 is 10.2 Å². The van der Waals surface area contributed by atoms with E-state index in [9.17, 15) is 10.2 Å². The first-order valence-corrected chi connectivity index (χ1v) is 6.53. The molecular formula is C17H13NO2. The largest absolute Gasteiger partial charge is 0.508 e. The Morgan fingerprint density at radius 3 is 2.30 bits per heavy atom. The summed E-state index contributed by atoms with van der Waals surface area (Å²) in [5.74, 6) is 0.257. The van der Waals surface area contributed by atoms with Gasteiger partial charge in [0.15, 0.2) is 0 Å². The monoisotopic (exact) mass is 263 g/mol. The number of phenolic OH excluding ortho intramolecular Hbond substituents is 1. The second kappa shape index (κ2) is 3.99. The molecule has 0 aliphatic carbocycles. The molecule has 3 aromatic heterocycles. The van der Waals surface area contributed by atoms with Gasteiger partial charge in [-0.25, -0.2) is 0 Å². The van der Waals surface area contributed by atoms with Gasteiger partial charge in [0, 0.05) is 22.2 Å². The van der Waals surface area contributed by atoms with E-state index in [0.717, 1.165) is 33.2 Å². The standard InChI is InChI=1S/C17H13NO2/c19-10-12-8-13-2-1-3-14-9-16(17(12)18(13)14)11-4-6-15(20)7-5-11/h1-9,19-20H,10H2. The molecule has 0 aliphatic rings. The zero-order valence-electron chi connectivity index (χ0n) is 10.7. The Kier molecular flexibility index (Phi) is 2.26. The van der Waals surface area contributed by atoms with Crippen molar-refractivity contribution in [3.8, 4) is 16.9 Å². The van der Waals surface area contributed by atoms with Crippen molar-refractivity contribution >= 4 is 16.6 Å². The van der Waals surface area contributed by atoms with Gasteiger partial charge in [0.1, 0.15) is 5.75 Å². The van der Waals surface area contributed by atoms with E-state index >= 15 is 0 Å². The summed E-state index contributed by atoms with van der Waals surface area (Å²) < 4.78 is 2.16. The number of hydrogen-bond acceptors (Lipinski definition) is 2. The first-order valence-electron chi connectivity index (χ1n) is 6.53. The summed E-state index contributed by atoms with van der Waals surface area (Å²) in [4.78, 5) is 0. The van der Waals surface area contributed by atoms with Crippen LogP contribution in [0.2, 0.25) is 0 Å². The van der Waals surface area contributed by atoms with Crippen molar-refractivity contribution in [3.63, 3.8) is 0 Å². The Morgan fingerprint density at radius 2 is 1.60 bits per heavy atom. The van der Waals surface area contributed by atoms with E-state index in [-0.39, 0.29) is 12.4 Å². The molecule has 0 fully saturated rings. The zero-order chi connectivity index (χ0) is 13.7. The third kappa shape index (κ3) is 1.44. The van der Waals surface area contributed by atoms with Gasteiger partial charge in [0.05, 0.1) is 12.1 Å². The van der Waals surface area contributed by atoms with Crippen LogP contribution in [0, 0.1) is 0 Å². The van der Waals surface area contributed by atoms with Gasteiger partial charge < -0.3 is 14.6 Å². The van der Waals surface area contributed by atoms with Gasteiger partial charge in [-0.3, -0.25) is 0 Å². The number of aromatic nitrogens is 1. The van der Waals surface area contributed by atoms with Gasteiger partial charge >= 0.3 is 0 Å². The number of nitrogens with zero attached hydrogens (tertiary/aromatic N) is 1. The predicted octanol–water partition coefficient (Wildman–Crippen LogP) is 3.40. The van der Waals surface area contributed by atoms with Crippen LogP contribution in [0.5, 0.6) is 5.75 Å². The van der Waals surface area contributed by atoms with E-state index in [1.54, 1.807) is 12.1 Å². The molecule has 0 saturated carbocycles. The van der Waals surface area contributed by atoms with Crippen LogP contribution in [0.3, 0.4) is 0 Å². The number of aliphatic hydroxyl groups is 1. The summed E-state index contributed by atoms with van der Waals surface area (Å²) in [6.45, 7) is 0.0197. The number of hydrogen-bond donors (Lipinski definition) is 2. The Hall–Kier alpha value is -2.52. The fraction of sp³-hybridized carbons (Fsp3) is 0.0588. The lowest BCUT2D eigenvalue weighted by atomic mass is 10.1. The van der Waals surface area contributed by atoms with Crippen molar-refractivity contribution in [2.75, 3.05) is 0 Å². The number of pyridine rings is 1. The first kappa shape index (κ1) is 11.3. The fourth-order valence-electron chi connectivity index (χ4n) is 2.91. The van der Waals surface area contributed by atoms with Crippen molar-refractivity contribution in [2.45, 2.75) is 6.61 Å². The maximum Gasteiger partial charge on any atom is 0.115 e. The summed E-state index contributed by atoms with van der Waals surface area (Å²) in [5, 5.41) is 19.0. The molecule has 0 atom stereocenters. The van der Waals surface area contributed by atoms with Gasteiger partial charge in [0.25, 0.3) is 0 Å². The second-order valence-electron chi connectivity index (χ2n) is 4.99. The highest BCUT2D eigenvalue weighted by Crippen LogP contribution is 2.35.